The number of benzene rings is 4. The van der Waals surface area contributed by atoms with Crippen LogP contribution in [0.2, 0.25) is 0 Å². The van der Waals surface area contributed by atoms with Crippen LogP contribution >= 0.6 is 0 Å². The van der Waals surface area contributed by atoms with Crippen molar-refractivity contribution >= 4 is 16.8 Å². The minimum atomic E-state index is -4.41. The van der Waals surface area contributed by atoms with Gasteiger partial charge in [0.2, 0.25) is 5.91 Å². The number of nitrogens with zero attached hydrogens (tertiary/aromatic N) is 3. The fourth-order valence-electron chi connectivity index (χ4n) is 5.60. The summed E-state index contributed by atoms with van der Waals surface area (Å²) in [5.41, 5.74) is 3.47. The van der Waals surface area contributed by atoms with Crippen LogP contribution in [0.3, 0.4) is 0 Å². The molecule has 244 valence electrons. The van der Waals surface area contributed by atoms with Crippen molar-refractivity contribution in [3.05, 3.63) is 141 Å². The highest BCUT2D eigenvalue weighted by Crippen LogP contribution is 2.31. The SMILES string of the molecule is CN(C)Cc1ccc2c(=O)cc(CCc3cccc(F)c3F)n(CC(=O)N(C)Cc3ccc(-c4ccc(C(F)(F)F)cc4)cc3)c2c1. The molecule has 0 aliphatic carbocycles. The summed E-state index contributed by atoms with van der Waals surface area (Å²) >= 11 is 0. The van der Waals surface area contributed by atoms with Crippen LogP contribution in [0, 0.1) is 11.6 Å². The summed E-state index contributed by atoms with van der Waals surface area (Å²) in [7, 11) is 5.52. The van der Waals surface area contributed by atoms with E-state index in [1.165, 1.54) is 30.3 Å². The van der Waals surface area contributed by atoms with Crippen molar-refractivity contribution in [2.24, 2.45) is 0 Å². The van der Waals surface area contributed by atoms with E-state index in [4.69, 9.17) is 0 Å². The summed E-state index contributed by atoms with van der Waals surface area (Å²) in [6, 6.07) is 23.1. The second-order valence-corrected chi connectivity index (χ2v) is 11.9. The maximum absolute atomic E-state index is 14.5. The van der Waals surface area contributed by atoms with Gasteiger partial charge in [-0.25, -0.2) is 8.78 Å². The lowest BCUT2D eigenvalue weighted by molar-refractivity contribution is -0.137. The molecule has 47 heavy (non-hydrogen) atoms. The van der Waals surface area contributed by atoms with Gasteiger partial charge in [-0.1, -0.05) is 54.6 Å². The summed E-state index contributed by atoms with van der Waals surface area (Å²) in [5.74, 6) is -2.12. The monoisotopic (exact) mass is 647 g/mol. The van der Waals surface area contributed by atoms with E-state index >= 15 is 0 Å². The van der Waals surface area contributed by atoms with Gasteiger partial charge in [0.25, 0.3) is 0 Å². The van der Waals surface area contributed by atoms with E-state index in [9.17, 15) is 31.5 Å². The van der Waals surface area contributed by atoms with Gasteiger partial charge in [0.05, 0.1) is 11.1 Å². The van der Waals surface area contributed by atoms with E-state index in [0.29, 0.717) is 28.7 Å². The number of fused-ring (bicyclic) bond motifs is 1. The number of pyridine rings is 1. The number of carbonyl (C=O) groups excluding carboxylic acids is 1. The number of hydrogen-bond acceptors (Lipinski definition) is 3. The standard InChI is InChI=1S/C37H34F5N3O2/c1-43(2)21-25-9-18-31-33(19-25)45(30(20-34(31)46)17-14-28-5-4-6-32(38)36(28)39)23-35(47)44(3)22-24-7-10-26(11-8-24)27-12-15-29(16-13-27)37(40,41)42/h4-13,15-16,18-20H,14,17,21-23H2,1-3H3. The van der Waals surface area contributed by atoms with Crippen LogP contribution in [0.15, 0.2) is 95.8 Å². The molecule has 0 N–H and O–H groups in total. The van der Waals surface area contributed by atoms with Crippen LogP contribution in [-0.4, -0.2) is 41.4 Å². The molecule has 1 amide bonds. The van der Waals surface area contributed by atoms with E-state index in [1.54, 1.807) is 34.7 Å². The van der Waals surface area contributed by atoms with Gasteiger partial charge in [-0.3, -0.25) is 9.59 Å². The van der Waals surface area contributed by atoms with Crippen LogP contribution in [0.1, 0.15) is 27.9 Å². The molecule has 10 heteroatoms. The molecule has 4 aromatic carbocycles. The van der Waals surface area contributed by atoms with Gasteiger partial charge < -0.3 is 14.4 Å². The number of aromatic nitrogens is 1. The average molecular weight is 648 g/mol. The Bertz CT molecular complexity index is 1950. The topological polar surface area (TPSA) is 45.6 Å². The minimum absolute atomic E-state index is 0.0939. The summed E-state index contributed by atoms with van der Waals surface area (Å²) in [5, 5.41) is 0.447. The van der Waals surface area contributed by atoms with E-state index < -0.39 is 23.4 Å². The first kappa shape index (κ1) is 33.5. The number of hydrogen-bond donors (Lipinski definition) is 0. The summed E-state index contributed by atoms with van der Waals surface area (Å²) < 4.78 is 68.9. The van der Waals surface area contributed by atoms with Gasteiger partial charge in [-0.2, -0.15) is 13.2 Å². The molecule has 0 aliphatic heterocycles. The first-order valence-electron chi connectivity index (χ1n) is 15.0. The predicted molar refractivity (Wildman–Crippen MR) is 173 cm³/mol. The zero-order valence-electron chi connectivity index (χ0n) is 26.2. The van der Waals surface area contributed by atoms with Crippen LogP contribution in [-0.2, 0) is 43.4 Å². The summed E-state index contributed by atoms with van der Waals surface area (Å²) in [6.45, 7) is 0.780. The van der Waals surface area contributed by atoms with Gasteiger partial charge in [0, 0.05) is 37.3 Å². The Morgan fingerprint density at radius 1 is 0.766 bits per heavy atom. The van der Waals surface area contributed by atoms with Crippen molar-refractivity contribution in [3.63, 3.8) is 0 Å². The molecule has 0 unspecified atom stereocenters. The molecule has 5 rings (SSSR count). The number of amides is 1. The molecule has 5 nitrogen and oxygen atoms in total. The maximum Gasteiger partial charge on any atom is 0.416 e. The molecule has 0 spiro atoms. The first-order valence-corrected chi connectivity index (χ1v) is 15.0. The van der Waals surface area contributed by atoms with Crippen LogP contribution in [0.4, 0.5) is 22.0 Å². The summed E-state index contributed by atoms with van der Waals surface area (Å²) in [6.07, 6.45) is -4.08. The number of alkyl halides is 3. The zero-order chi connectivity index (χ0) is 33.9. The third-order valence-corrected chi connectivity index (χ3v) is 8.08. The Morgan fingerprint density at radius 2 is 1.40 bits per heavy atom. The van der Waals surface area contributed by atoms with Gasteiger partial charge >= 0.3 is 6.18 Å². The lowest BCUT2D eigenvalue weighted by Gasteiger charge is -2.22. The third kappa shape index (κ3) is 7.94. The average Bonchev–Trinajstić information content (AvgIpc) is 3.03. The molecule has 0 saturated heterocycles. The molecular weight excluding hydrogens is 613 g/mol. The largest absolute Gasteiger partial charge is 0.416 e. The second-order valence-electron chi connectivity index (χ2n) is 11.9. The number of halogens is 5. The Kier molecular flexibility index (Phi) is 9.91. The highest BCUT2D eigenvalue weighted by molar-refractivity contribution is 5.83. The zero-order valence-corrected chi connectivity index (χ0v) is 26.2. The molecule has 0 fully saturated rings. The van der Waals surface area contributed by atoms with Crippen LogP contribution in [0.25, 0.3) is 22.0 Å². The number of carbonyl (C=O) groups is 1. The molecule has 0 saturated carbocycles. The Balaban J connectivity index is 1.39. The van der Waals surface area contributed by atoms with Crippen molar-refractivity contribution in [1.29, 1.82) is 0 Å². The Labute approximate surface area is 269 Å². The third-order valence-electron chi connectivity index (χ3n) is 8.08. The first-order chi connectivity index (χ1) is 22.3. The molecule has 0 radical (unpaired) electrons. The van der Waals surface area contributed by atoms with E-state index in [0.717, 1.165) is 34.9 Å². The second kappa shape index (κ2) is 13.9. The van der Waals surface area contributed by atoms with Crippen LogP contribution < -0.4 is 5.43 Å². The van der Waals surface area contributed by atoms with Gasteiger partial charge in [0.15, 0.2) is 17.1 Å². The predicted octanol–water partition coefficient (Wildman–Crippen LogP) is 7.47. The van der Waals surface area contributed by atoms with Crippen molar-refractivity contribution < 1.29 is 26.7 Å². The molecule has 0 aliphatic rings. The molecule has 5 aromatic rings. The number of rotatable bonds is 10. The Morgan fingerprint density at radius 3 is 2.04 bits per heavy atom. The van der Waals surface area contributed by atoms with Crippen molar-refractivity contribution in [2.45, 2.75) is 38.7 Å². The normalized spacial score (nSPS) is 11.8. The number of aryl methyl sites for hydroxylation is 2. The van der Waals surface area contributed by atoms with Crippen molar-refractivity contribution in [3.8, 4) is 11.1 Å². The van der Waals surface area contributed by atoms with Gasteiger partial charge in [0.1, 0.15) is 6.54 Å². The minimum Gasteiger partial charge on any atom is -0.340 e. The van der Waals surface area contributed by atoms with Crippen LogP contribution in [0.5, 0.6) is 0 Å². The molecule has 0 atom stereocenters. The van der Waals surface area contributed by atoms with Crippen molar-refractivity contribution in [2.75, 3.05) is 21.1 Å². The molecule has 1 heterocycles. The highest BCUT2D eigenvalue weighted by Gasteiger charge is 2.30. The molecule has 0 bridgehead atoms. The quantitative estimate of drug-likeness (QED) is 0.148. The van der Waals surface area contributed by atoms with E-state index in [1.807, 2.05) is 43.3 Å². The summed E-state index contributed by atoms with van der Waals surface area (Å²) in [4.78, 5) is 30.4. The molecule has 1 aromatic heterocycles. The lowest BCUT2D eigenvalue weighted by atomic mass is 10.0. The number of likely N-dealkylation sites (N-methyl/N-ethyl adjacent to an activating group) is 1. The fourth-order valence-corrected chi connectivity index (χ4v) is 5.60. The van der Waals surface area contributed by atoms with Gasteiger partial charge in [-0.15, -0.1) is 0 Å². The van der Waals surface area contributed by atoms with E-state index in [-0.39, 0.29) is 42.8 Å². The van der Waals surface area contributed by atoms with E-state index in [2.05, 4.69) is 0 Å². The fraction of sp³-hybridized carbons (Fsp3) is 0.243. The smallest absolute Gasteiger partial charge is 0.340 e. The van der Waals surface area contributed by atoms with Crippen molar-refractivity contribution in [1.82, 2.24) is 14.4 Å². The highest BCUT2D eigenvalue weighted by atomic mass is 19.4. The molecular formula is C37H34F5N3O2. The maximum atomic E-state index is 14.5. The Hall–Kier alpha value is -4.83. The van der Waals surface area contributed by atoms with Gasteiger partial charge in [-0.05, 0) is 85.1 Å². The lowest BCUT2D eigenvalue weighted by Crippen LogP contribution is -2.31.